The molecule has 0 saturated heterocycles. The SMILES string of the molecule is NC(=O)C(COc1cc(C(F)(F)F)cc(C(F)(F)F)c1)c1ccccc1. The quantitative estimate of drug-likeness (QED) is 0.787. The molecule has 2 aromatic carbocycles. The first kappa shape index (κ1) is 19.6. The van der Waals surface area contributed by atoms with E-state index in [9.17, 15) is 31.1 Å². The molecule has 0 radical (unpaired) electrons. The summed E-state index contributed by atoms with van der Waals surface area (Å²) in [7, 11) is 0. The molecule has 2 rings (SSSR count). The summed E-state index contributed by atoms with van der Waals surface area (Å²) in [5.41, 5.74) is 2.68. The van der Waals surface area contributed by atoms with Crippen LogP contribution in [0.1, 0.15) is 22.6 Å². The number of benzene rings is 2. The molecule has 9 heteroatoms. The van der Waals surface area contributed by atoms with E-state index in [1.165, 1.54) is 0 Å². The van der Waals surface area contributed by atoms with Crippen molar-refractivity contribution < 1.29 is 35.9 Å². The molecule has 140 valence electrons. The average molecular weight is 377 g/mol. The minimum atomic E-state index is -4.98. The van der Waals surface area contributed by atoms with Gasteiger partial charge in [-0.1, -0.05) is 30.3 Å². The van der Waals surface area contributed by atoms with Gasteiger partial charge in [0.1, 0.15) is 12.4 Å². The second-order valence-corrected chi connectivity index (χ2v) is 5.42. The molecule has 1 amide bonds. The highest BCUT2D eigenvalue weighted by atomic mass is 19.4. The predicted octanol–water partition coefficient (Wildman–Crippen LogP) is 4.37. The van der Waals surface area contributed by atoms with Crippen LogP contribution in [0.3, 0.4) is 0 Å². The Kier molecular flexibility index (Phi) is 5.48. The Morgan fingerprint density at radius 2 is 1.42 bits per heavy atom. The van der Waals surface area contributed by atoms with Crippen LogP contribution in [-0.2, 0) is 17.1 Å². The lowest BCUT2D eigenvalue weighted by Crippen LogP contribution is -2.26. The van der Waals surface area contributed by atoms with Crippen molar-refractivity contribution in [3.8, 4) is 5.75 Å². The molecule has 1 atom stereocenters. The highest BCUT2D eigenvalue weighted by Gasteiger charge is 2.37. The lowest BCUT2D eigenvalue weighted by Gasteiger charge is -2.18. The van der Waals surface area contributed by atoms with Crippen molar-refractivity contribution in [1.82, 2.24) is 0 Å². The smallest absolute Gasteiger partial charge is 0.416 e. The van der Waals surface area contributed by atoms with Gasteiger partial charge in [-0.2, -0.15) is 26.3 Å². The van der Waals surface area contributed by atoms with Crippen molar-refractivity contribution in [3.05, 3.63) is 65.2 Å². The summed E-state index contributed by atoms with van der Waals surface area (Å²) in [5, 5.41) is 0. The van der Waals surface area contributed by atoms with Crippen molar-refractivity contribution in [1.29, 1.82) is 0 Å². The topological polar surface area (TPSA) is 52.3 Å². The second-order valence-electron chi connectivity index (χ2n) is 5.42. The zero-order chi connectivity index (χ0) is 19.5. The molecule has 0 fully saturated rings. The van der Waals surface area contributed by atoms with Gasteiger partial charge in [-0.3, -0.25) is 4.79 Å². The van der Waals surface area contributed by atoms with Crippen molar-refractivity contribution in [2.24, 2.45) is 5.73 Å². The number of rotatable bonds is 5. The van der Waals surface area contributed by atoms with Crippen molar-refractivity contribution >= 4 is 5.91 Å². The summed E-state index contributed by atoms with van der Waals surface area (Å²) in [5.74, 6) is -2.51. The van der Waals surface area contributed by atoms with Crippen LogP contribution in [0.2, 0.25) is 0 Å². The van der Waals surface area contributed by atoms with Crippen LogP contribution in [0.4, 0.5) is 26.3 Å². The largest absolute Gasteiger partial charge is 0.492 e. The van der Waals surface area contributed by atoms with Gasteiger partial charge in [-0.15, -0.1) is 0 Å². The highest BCUT2D eigenvalue weighted by Crippen LogP contribution is 2.38. The number of carbonyl (C=O) groups is 1. The number of amides is 1. The van der Waals surface area contributed by atoms with Gasteiger partial charge in [-0.05, 0) is 23.8 Å². The Hall–Kier alpha value is -2.71. The number of hydrogen-bond donors (Lipinski definition) is 1. The highest BCUT2D eigenvalue weighted by molar-refractivity contribution is 5.82. The second kappa shape index (κ2) is 7.27. The van der Waals surface area contributed by atoms with Gasteiger partial charge in [0.25, 0.3) is 0 Å². The van der Waals surface area contributed by atoms with Gasteiger partial charge in [0.05, 0.1) is 17.0 Å². The third-order valence-electron chi connectivity index (χ3n) is 3.52. The number of alkyl halides is 6. The summed E-state index contributed by atoms with van der Waals surface area (Å²) in [4.78, 5) is 11.6. The molecule has 2 aromatic rings. The van der Waals surface area contributed by atoms with Gasteiger partial charge in [-0.25, -0.2) is 0 Å². The zero-order valence-electron chi connectivity index (χ0n) is 13.1. The molecule has 0 saturated carbocycles. The maximum atomic E-state index is 12.8. The fourth-order valence-electron chi connectivity index (χ4n) is 2.22. The van der Waals surface area contributed by atoms with E-state index in [0.717, 1.165) is 0 Å². The van der Waals surface area contributed by atoms with Crippen molar-refractivity contribution in [2.75, 3.05) is 6.61 Å². The summed E-state index contributed by atoms with van der Waals surface area (Å²) >= 11 is 0. The molecular formula is C17H13F6NO2. The predicted molar refractivity (Wildman–Crippen MR) is 80.3 cm³/mol. The minimum Gasteiger partial charge on any atom is -0.492 e. The molecule has 2 N–H and O–H groups in total. The van der Waals surface area contributed by atoms with E-state index >= 15 is 0 Å². The number of ether oxygens (including phenoxy) is 1. The van der Waals surface area contributed by atoms with Crippen LogP contribution < -0.4 is 10.5 Å². The molecule has 26 heavy (non-hydrogen) atoms. The van der Waals surface area contributed by atoms with Crippen LogP contribution in [0.25, 0.3) is 0 Å². The van der Waals surface area contributed by atoms with E-state index in [1.807, 2.05) is 0 Å². The van der Waals surface area contributed by atoms with E-state index in [-0.39, 0.29) is 6.07 Å². The van der Waals surface area contributed by atoms with E-state index in [0.29, 0.717) is 17.7 Å². The fourth-order valence-corrected chi connectivity index (χ4v) is 2.22. The van der Waals surface area contributed by atoms with Gasteiger partial charge >= 0.3 is 12.4 Å². The van der Waals surface area contributed by atoms with Crippen molar-refractivity contribution in [2.45, 2.75) is 18.3 Å². The normalized spacial score (nSPS) is 13.3. The molecule has 0 aromatic heterocycles. The van der Waals surface area contributed by atoms with Gasteiger partial charge in [0, 0.05) is 0 Å². The molecule has 1 unspecified atom stereocenters. The van der Waals surface area contributed by atoms with Crippen LogP contribution >= 0.6 is 0 Å². The molecule has 3 nitrogen and oxygen atoms in total. The number of carbonyl (C=O) groups excluding carboxylic acids is 1. The van der Waals surface area contributed by atoms with Crippen molar-refractivity contribution in [3.63, 3.8) is 0 Å². The summed E-state index contributed by atoms with van der Waals surface area (Å²) in [6.07, 6.45) is -9.97. The Bertz CT molecular complexity index is 739. The summed E-state index contributed by atoms with van der Waals surface area (Å²) in [6.45, 7) is -0.502. The van der Waals surface area contributed by atoms with Crippen LogP contribution in [-0.4, -0.2) is 12.5 Å². The Morgan fingerprint density at radius 1 is 0.923 bits per heavy atom. The number of halogens is 6. The molecule has 0 aliphatic carbocycles. The first-order chi connectivity index (χ1) is 12.0. The van der Waals surface area contributed by atoms with E-state index < -0.39 is 47.7 Å². The van der Waals surface area contributed by atoms with Gasteiger partial charge < -0.3 is 10.5 Å². The number of hydrogen-bond acceptors (Lipinski definition) is 2. The third-order valence-corrected chi connectivity index (χ3v) is 3.52. The monoisotopic (exact) mass is 377 g/mol. The standard InChI is InChI=1S/C17H13F6NO2/c18-16(19,20)11-6-12(17(21,22)23)8-13(7-11)26-9-14(15(24)25)10-4-2-1-3-5-10/h1-8,14H,9H2,(H2,24,25). The molecule has 0 spiro atoms. The van der Waals surface area contributed by atoms with Crippen LogP contribution in [0.15, 0.2) is 48.5 Å². The molecule has 0 bridgehead atoms. The van der Waals surface area contributed by atoms with E-state index in [4.69, 9.17) is 10.5 Å². The number of nitrogens with two attached hydrogens (primary N) is 1. The zero-order valence-corrected chi connectivity index (χ0v) is 13.1. The Labute approximate surface area is 144 Å². The average Bonchev–Trinajstić information content (AvgIpc) is 2.54. The minimum absolute atomic E-state index is 0.00434. The maximum Gasteiger partial charge on any atom is 0.416 e. The first-order valence-electron chi connectivity index (χ1n) is 7.25. The van der Waals surface area contributed by atoms with E-state index in [2.05, 4.69) is 0 Å². The third kappa shape index (κ3) is 4.90. The number of primary amides is 1. The molecule has 0 heterocycles. The molecule has 0 aliphatic rings. The Morgan fingerprint density at radius 3 is 1.85 bits per heavy atom. The first-order valence-corrected chi connectivity index (χ1v) is 7.25. The Balaban J connectivity index is 2.31. The van der Waals surface area contributed by atoms with Gasteiger partial charge in [0.15, 0.2) is 0 Å². The van der Waals surface area contributed by atoms with Gasteiger partial charge in [0.2, 0.25) is 5.91 Å². The fraction of sp³-hybridized carbons (Fsp3) is 0.235. The van der Waals surface area contributed by atoms with Crippen LogP contribution in [0, 0.1) is 0 Å². The lowest BCUT2D eigenvalue weighted by atomic mass is 9.99. The molecule has 0 aliphatic heterocycles. The molecular weight excluding hydrogens is 364 g/mol. The maximum absolute atomic E-state index is 12.8. The summed E-state index contributed by atoms with van der Waals surface area (Å²) in [6, 6.07) is 8.86. The summed E-state index contributed by atoms with van der Waals surface area (Å²) < 4.78 is 82.0. The van der Waals surface area contributed by atoms with E-state index in [1.54, 1.807) is 30.3 Å². The van der Waals surface area contributed by atoms with Crippen LogP contribution in [0.5, 0.6) is 5.75 Å². The lowest BCUT2D eigenvalue weighted by molar-refractivity contribution is -0.143.